The molecule has 0 unspecified atom stereocenters. The zero-order valence-electron chi connectivity index (χ0n) is 12.3. The number of rotatable bonds is 5. The fourth-order valence-corrected chi connectivity index (χ4v) is 3.66. The lowest BCUT2D eigenvalue weighted by Gasteiger charge is -2.09. The maximum Gasteiger partial charge on any atom is 0.267 e. The number of fused-ring (bicyclic) bond motifs is 1. The van der Waals surface area contributed by atoms with E-state index in [0.717, 1.165) is 36.6 Å². The molecule has 1 aromatic heterocycles. The summed E-state index contributed by atoms with van der Waals surface area (Å²) in [6.07, 6.45) is 2.69. The first-order valence-corrected chi connectivity index (χ1v) is 8.79. The average molecular weight is 337 g/mol. The molecule has 0 amide bonds. The molecule has 0 saturated heterocycles. The van der Waals surface area contributed by atoms with Gasteiger partial charge in [-0.05, 0) is 43.0 Å². The number of sulfonamides is 1. The molecule has 3 rings (SSSR count). The van der Waals surface area contributed by atoms with E-state index < -0.39 is 15.8 Å². The molecule has 0 spiro atoms. The molecule has 0 fully saturated rings. The minimum atomic E-state index is -3.81. The molecule has 6 nitrogen and oxygen atoms in total. The molecule has 1 aromatic carbocycles. The summed E-state index contributed by atoms with van der Waals surface area (Å²) in [5, 5.41) is 4.27. The van der Waals surface area contributed by atoms with Crippen LogP contribution in [0.25, 0.3) is 0 Å². The summed E-state index contributed by atoms with van der Waals surface area (Å²) < 4.78 is 40.9. The van der Waals surface area contributed by atoms with Crippen molar-refractivity contribution < 1.29 is 12.8 Å². The van der Waals surface area contributed by atoms with Crippen LogP contribution in [0.1, 0.15) is 17.7 Å². The van der Waals surface area contributed by atoms with Crippen LogP contribution in [0, 0.1) is 5.82 Å². The van der Waals surface area contributed by atoms with E-state index in [2.05, 4.69) is 9.82 Å². The van der Waals surface area contributed by atoms with Crippen molar-refractivity contribution in [3.63, 3.8) is 0 Å². The van der Waals surface area contributed by atoms with Crippen molar-refractivity contribution in [3.05, 3.63) is 57.8 Å². The molecule has 0 atom stereocenters. The third-order valence-corrected chi connectivity index (χ3v) is 5.20. The Morgan fingerprint density at radius 1 is 1.26 bits per heavy atom. The van der Waals surface area contributed by atoms with Gasteiger partial charge < -0.3 is 0 Å². The number of halogens is 1. The highest BCUT2D eigenvalue weighted by Gasteiger charge is 2.16. The van der Waals surface area contributed by atoms with Crippen LogP contribution in [0.2, 0.25) is 0 Å². The van der Waals surface area contributed by atoms with Gasteiger partial charge in [0.15, 0.2) is 0 Å². The number of hydrogen-bond donors (Lipinski definition) is 1. The van der Waals surface area contributed by atoms with Gasteiger partial charge in [-0.15, -0.1) is 0 Å². The van der Waals surface area contributed by atoms with Crippen molar-refractivity contribution in [2.24, 2.45) is 0 Å². The lowest BCUT2D eigenvalue weighted by Crippen LogP contribution is -2.32. The summed E-state index contributed by atoms with van der Waals surface area (Å²) in [5.41, 5.74) is 1.64. The van der Waals surface area contributed by atoms with E-state index in [1.54, 1.807) is 6.07 Å². The molecule has 1 aliphatic rings. The summed E-state index contributed by atoms with van der Waals surface area (Å²) in [6, 6.07) is 6.33. The van der Waals surface area contributed by atoms with Crippen LogP contribution < -0.4 is 10.3 Å². The van der Waals surface area contributed by atoms with E-state index in [0.29, 0.717) is 0 Å². The molecule has 0 bridgehead atoms. The van der Waals surface area contributed by atoms with Gasteiger partial charge in [0.2, 0.25) is 10.0 Å². The van der Waals surface area contributed by atoms with Gasteiger partial charge >= 0.3 is 0 Å². The van der Waals surface area contributed by atoms with E-state index in [-0.39, 0.29) is 23.5 Å². The van der Waals surface area contributed by atoms with Crippen molar-refractivity contribution in [1.29, 1.82) is 0 Å². The van der Waals surface area contributed by atoms with Crippen molar-refractivity contribution >= 4 is 10.0 Å². The molecule has 23 heavy (non-hydrogen) atoms. The number of hydrogen-bond acceptors (Lipinski definition) is 4. The SMILES string of the molecule is O=c1cc2c(nn1CCNS(=O)(=O)c1cccc(F)c1)CCC2. The Balaban J connectivity index is 1.69. The summed E-state index contributed by atoms with van der Waals surface area (Å²) in [5.74, 6) is -0.621. The largest absolute Gasteiger partial charge is 0.268 e. The lowest BCUT2D eigenvalue weighted by molar-refractivity contribution is 0.541. The number of nitrogens with one attached hydrogen (secondary N) is 1. The Hall–Kier alpha value is -2.06. The van der Waals surface area contributed by atoms with Gasteiger partial charge in [0, 0.05) is 12.6 Å². The molecular weight excluding hydrogens is 321 g/mol. The van der Waals surface area contributed by atoms with Gasteiger partial charge in [0.1, 0.15) is 5.82 Å². The van der Waals surface area contributed by atoms with Gasteiger partial charge in [-0.2, -0.15) is 5.10 Å². The van der Waals surface area contributed by atoms with Gasteiger partial charge in [-0.25, -0.2) is 22.2 Å². The van der Waals surface area contributed by atoms with E-state index in [9.17, 15) is 17.6 Å². The predicted molar refractivity (Wildman–Crippen MR) is 82.1 cm³/mol. The predicted octanol–water partition coefficient (Wildman–Crippen LogP) is 0.850. The molecule has 2 aromatic rings. The topological polar surface area (TPSA) is 81.1 Å². The second-order valence-corrected chi connectivity index (χ2v) is 7.15. The van der Waals surface area contributed by atoms with Gasteiger partial charge in [-0.3, -0.25) is 4.79 Å². The van der Waals surface area contributed by atoms with E-state index in [1.165, 1.54) is 22.9 Å². The third-order valence-electron chi connectivity index (χ3n) is 3.75. The monoisotopic (exact) mass is 337 g/mol. The average Bonchev–Trinajstić information content (AvgIpc) is 2.94. The van der Waals surface area contributed by atoms with Gasteiger partial charge in [0.05, 0.1) is 17.1 Å². The van der Waals surface area contributed by atoms with Crippen LogP contribution in [-0.4, -0.2) is 24.7 Å². The Morgan fingerprint density at radius 3 is 2.87 bits per heavy atom. The summed E-state index contributed by atoms with van der Waals surface area (Å²) in [7, 11) is -3.81. The van der Waals surface area contributed by atoms with Crippen molar-refractivity contribution in [1.82, 2.24) is 14.5 Å². The molecule has 1 aliphatic carbocycles. The van der Waals surface area contributed by atoms with Crippen LogP contribution in [-0.2, 0) is 29.4 Å². The minimum absolute atomic E-state index is 0.00450. The highest BCUT2D eigenvalue weighted by molar-refractivity contribution is 7.89. The Kier molecular flexibility index (Phi) is 4.27. The van der Waals surface area contributed by atoms with Crippen molar-refractivity contribution in [3.8, 4) is 0 Å². The molecule has 1 N–H and O–H groups in total. The van der Waals surface area contributed by atoms with Crippen LogP contribution in [0.3, 0.4) is 0 Å². The molecule has 122 valence electrons. The van der Waals surface area contributed by atoms with E-state index in [4.69, 9.17) is 0 Å². The first kappa shape index (κ1) is 15.8. The standard InChI is InChI=1S/C15H16FN3O3S/c16-12-4-2-5-13(10-12)23(21,22)17-7-8-19-15(20)9-11-3-1-6-14(11)18-19/h2,4-5,9-10,17H,1,3,6-8H2. The Labute approximate surface area is 133 Å². The van der Waals surface area contributed by atoms with Crippen LogP contribution in [0.5, 0.6) is 0 Å². The fraction of sp³-hybridized carbons (Fsp3) is 0.333. The maximum absolute atomic E-state index is 13.1. The van der Waals surface area contributed by atoms with Crippen molar-refractivity contribution in [2.75, 3.05) is 6.54 Å². The lowest BCUT2D eigenvalue weighted by atomic mass is 10.2. The summed E-state index contributed by atoms with van der Waals surface area (Å²) >= 11 is 0. The normalized spacial score (nSPS) is 14.0. The van der Waals surface area contributed by atoms with E-state index in [1.807, 2.05) is 0 Å². The van der Waals surface area contributed by atoms with Gasteiger partial charge in [-0.1, -0.05) is 6.07 Å². The number of aromatic nitrogens is 2. The highest BCUT2D eigenvalue weighted by Crippen LogP contribution is 2.16. The third kappa shape index (κ3) is 3.48. The number of benzene rings is 1. The zero-order valence-corrected chi connectivity index (χ0v) is 13.1. The van der Waals surface area contributed by atoms with Crippen LogP contribution in [0.15, 0.2) is 40.0 Å². The second-order valence-electron chi connectivity index (χ2n) is 5.39. The summed E-state index contributed by atoms with van der Waals surface area (Å²) in [4.78, 5) is 11.8. The summed E-state index contributed by atoms with van der Waals surface area (Å²) in [6.45, 7) is 0.130. The Morgan fingerprint density at radius 2 is 2.09 bits per heavy atom. The smallest absolute Gasteiger partial charge is 0.267 e. The van der Waals surface area contributed by atoms with E-state index >= 15 is 0 Å². The number of aryl methyl sites for hydroxylation is 2. The second kappa shape index (κ2) is 6.21. The molecule has 0 radical (unpaired) electrons. The fourth-order valence-electron chi connectivity index (χ4n) is 2.60. The number of nitrogens with zero attached hydrogens (tertiary/aromatic N) is 2. The molecular formula is C15H16FN3O3S. The molecule has 0 aliphatic heterocycles. The Bertz CT molecular complexity index is 893. The van der Waals surface area contributed by atoms with Gasteiger partial charge in [0.25, 0.3) is 5.56 Å². The maximum atomic E-state index is 13.1. The quantitative estimate of drug-likeness (QED) is 0.877. The molecule has 8 heteroatoms. The van der Waals surface area contributed by atoms with Crippen LogP contribution in [0.4, 0.5) is 4.39 Å². The van der Waals surface area contributed by atoms with Crippen LogP contribution >= 0.6 is 0 Å². The van der Waals surface area contributed by atoms with Crippen molar-refractivity contribution in [2.45, 2.75) is 30.7 Å². The zero-order chi connectivity index (χ0) is 16.4. The highest BCUT2D eigenvalue weighted by atomic mass is 32.2. The minimum Gasteiger partial charge on any atom is -0.268 e. The molecule has 0 saturated carbocycles. The molecule has 1 heterocycles. The first-order chi connectivity index (χ1) is 11.0. The first-order valence-electron chi connectivity index (χ1n) is 7.31.